The number of hydrogen-bond donors (Lipinski definition) is 2. The molecule has 1 fully saturated rings. The van der Waals surface area contributed by atoms with Crippen molar-refractivity contribution < 1.29 is 19.5 Å². The van der Waals surface area contributed by atoms with Crippen LogP contribution in [0.15, 0.2) is 64.8 Å². The molecule has 9 nitrogen and oxygen atoms in total. The van der Waals surface area contributed by atoms with E-state index in [2.05, 4.69) is 10.2 Å². The third-order valence-electron chi connectivity index (χ3n) is 4.97. The fourth-order valence-corrected chi connectivity index (χ4v) is 3.96. The first kappa shape index (κ1) is 24.7. The number of rotatable bonds is 7. The van der Waals surface area contributed by atoms with Crippen molar-refractivity contribution in [3.8, 4) is 0 Å². The maximum absolute atomic E-state index is 12.7. The lowest BCUT2D eigenvalue weighted by molar-refractivity contribution is -0.121. The van der Waals surface area contributed by atoms with Crippen LogP contribution in [-0.4, -0.2) is 53.1 Å². The summed E-state index contributed by atoms with van der Waals surface area (Å²) >= 11 is 0.972. The third kappa shape index (κ3) is 6.10. The van der Waals surface area contributed by atoms with E-state index >= 15 is 0 Å². The van der Waals surface area contributed by atoms with Gasteiger partial charge in [0, 0.05) is 26.2 Å². The van der Waals surface area contributed by atoms with Crippen molar-refractivity contribution in [1.29, 1.82) is 0 Å². The first-order valence-corrected chi connectivity index (χ1v) is 11.2. The summed E-state index contributed by atoms with van der Waals surface area (Å²) in [6.07, 6.45) is 3.68. The molecule has 2 aromatic rings. The van der Waals surface area contributed by atoms with Gasteiger partial charge in [0.1, 0.15) is 5.25 Å². The second-order valence-electron chi connectivity index (χ2n) is 7.73. The van der Waals surface area contributed by atoms with Gasteiger partial charge in [-0.05, 0) is 55.0 Å². The van der Waals surface area contributed by atoms with Crippen LogP contribution in [0.1, 0.15) is 29.3 Å². The molecule has 10 heteroatoms. The molecule has 1 aliphatic rings. The van der Waals surface area contributed by atoms with Crippen molar-refractivity contribution in [2.24, 2.45) is 15.9 Å². The van der Waals surface area contributed by atoms with Gasteiger partial charge < -0.3 is 15.7 Å². The maximum Gasteiger partial charge on any atom is 0.335 e. The van der Waals surface area contributed by atoms with E-state index < -0.39 is 17.1 Å². The number of amidine groups is 1. The summed E-state index contributed by atoms with van der Waals surface area (Å²) < 4.78 is 0. The van der Waals surface area contributed by atoms with Gasteiger partial charge in [-0.3, -0.25) is 9.59 Å². The van der Waals surface area contributed by atoms with E-state index in [0.717, 1.165) is 27.9 Å². The zero-order valence-corrected chi connectivity index (χ0v) is 19.8. The Bertz CT molecular complexity index is 1170. The molecule has 3 N–H and O–H groups in total. The first-order chi connectivity index (χ1) is 16.2. The molecule has 1 saturated heterocycles. The Labute approximate surface area is 201 Å². The van der Waals surface area contributed by atoms with Gasteiger partial charge in [-0.15, -0.1) is 5.10 Å². The molecule has 0 radical (unpaired) electrons. The average molecular weight is 480 g/mol. The van der Waals surface area contributed by atoms with E-state index in [4.69, 9.17) is 10.8 Å². The molecule has 34 heavy (non-hydrogen) atoms. The number of amides is 2. The lowest BCUT2D eigenvalue weighted by Gasteiger charge is -2.14. The highest BCUT2D eigenvalue weighted by molar-refractivity contribution is 8.14. The lowest BCUT2D eigenvalue weighted by atomic mass is 10.2. The van der Waals surface area contributed by atoms with E-state index in [1.807, 2.05) is 49.3 Å². The highest BCUT2D eigenvalue weighted by atomic mass is 32.2. The number of thioether (sulfide) groups is 1. The van der Waals surface area contributed by atoms with Crippen LogP contribution in [0.25, 0.3) is 6.08 Å². The lowest BCUT2D eigenvalue weighted by Crippen LogP contribution is -2.31. The van der Waals surface area contributed by atoms with Crippen molar-refractivity contribution in [1.82, 2.24) is 0 Å². The largest absolute Gasteiger partial charge is 0.478 e. The van der Waals surface area contributed by atoms with Gasteiger partial charge in [0.15, 0.2) is 5.17 Å². The van der Waals surface area contributed by atoms with Crippen LogP contribution in [0.2, 0.25) is 0 Å². The molecule has 176 valence electrons. The number of hydrogen-bond acceptors (Lipinski definition) is 7. The fourth-order valence-electron chi connectivity index (χ4n) is 3.15. The molecule has 0 aromatic heterocycles. The van der Waals surface area contributed by atoms with Crippen molar-refractivity contribution in [2.75, 3.05) is 23.9 Å². The maximum atomic E-state index is 12.7. The summed E-state index contributed by atoms with van der Waals surface area (Å²) in [6, 6.07) is 13.6. The van der Waals surface area contributed by atoms with Crippen LogP contribution in [-0.2, 0) is 9.59 Å². The number of imide groups is 1. The van der Waals surface area contributed by atoms with Crippen LogP contribution < -0.4 is 15.5 Å². The van der Waals surface area contributed by atoms with Crippen molar-refractivity contribution >= 4 is 57.9 Å². The second kappa shape index (κ2) is 10.8. The minimum absolute atomic E-state index is 0.0358. The molecule has 1 aliphatic heterocycles. The normalized spacial score (nSPS) is 17.0. The standard InChI is InChI=1S/C24H25N5O4S/c1-15(4-5-16-6-10-18(11-7-16)28(2)3)26-27-24(25)34-20-14-21(30)29(22(20)31)19-12-8-17(9-13-19)23(32)33/h4-13,20H,14H2,1-3H3,(H2,25,27)(H,32,33). The number of carbonyl (C=O) groups excluding carboxylic acids is 2. The number of benzene rings is 2. The summed E-state index contributed by atoms with van der Waals surface area (Å²) in [7, 11) is 3.96. The van der Waals surface area contributed by atoms with E-state index in [0.29, 0.717) is 11.4 Å². The summed E-state index contributed by atoms with van der Waals surface area (Å²) in [5.74, 6) is -1.91. The van der Waals surface area contributed by atoms with Gasteiger partial charge >= 0.3 is 5.97 Å². The van der Waals surface area contributed by atoms with Crippen molar-refractivity contribution in [3.63, 3.8) is 0 Å². The Balaban J connectivity index is 1.61. The molecule has 3 rings (SSSR count). The number of nitrogens with zero attached hydrogens (tertiary/aromatic N) is 4. The number of allylic oxidation sites excluding steroid dienone is 1. The summed E-state index contributed by atoms with van der Waals surface area (Å²) in [5.41, 5.74) is 9.05. The Morgan fingerprint density at radius 1 is 1.12 bits per heavy atom. The quantitative estimate of drug-likeness (QED) is 0.270. The SMILES string of the molecule is CC(C=Cc1ccc(N(C)C)cc1)=NN=C(N)SC1CC(=O)N(c2ccc(C(=O)O)cc2)C1=O. The first-order valence-electron chi connectivity index (χ1n) is 10.4. The monoisotopic (exact) mass is 479 g/mol. The third-order valence-corrected chi connectivity index (χ3v) is 5.95. The number of carboxylic acid groups (broad SMARTS) is 1. The van der Waals surface area contributed by atoms with Crippen LogP contribution in [0, 0.1) is 0 Å². The Hall–Kier alpha value is -3.92. The highest BCUT2D eigenvalue weighted by Crippen LogP contribution is 2.30. The second-order valence-corrected chi connectivity index (χ2v) is 8.95. The molecule has 2 amide bonds. The molecule has 2 aromatic carbocycles. The topological polar surface area (TPSA) is 129 Å². The highest BCUT2D eigenvalue weighted by Gasteiger charge is 2.40. The minimum Gasteiger partial charge on any atom is -0.478 e. The van der Waals surface area contributed by atoms with E-state index in [9.17, 15) is 14.4 Å². The average Bonchev–Trinajstić information content (AvgIpc) is 3.09. The van der Waals surface area contributed by atoms with Gasteiger partial charge in [-0.1, -0.05) is 30.0 Å². The summed E-state index contributed by atoms with van der Waals surface area (Å²) in [5, 5.41) is 16.4. The molecular weight excluding hydrogens is 454 g/mol. The van der Waals surface area contributed by atoms with E-state index in [1.165, 1.54) is 24.3 Å². The van der Waals surface area contributed by atoms with Crippen molar-refractivity contribution in [3.05, 3.63) is 65.7 Å². The number of nitrogens with two attached hydrogens (primary N) is 1. The van der Waals surface area contributed by atoms with Gasteiger partial charge in [0.05, 0.1) is 17.0 Å². The molecular formula is C24H25N5O4S. The molecule has 1 atom stereocenters. The number of aromatic carboxylic acids is 1. The smallest absolute Gasteiger partial charge is 0.335 e. The molecule has 0 bridgehead atoms. The number of anilines is 2. The van der Waals surface area contributed by atoms with Gasteiger partial charge in [0.2, 0.25) is 11.8 Å². The molecule has 1 heterocycles. The van der Waals surface area contributed by atoms with Crippen LogP contribution in [0.3, 0.4) is 0 Å². The number of carboxylic acids is 1. The van der Waals surface area contributed by atoms with Crippen molar-refractivity contribution in [2.45, 2.75) is 18.6 Å². The predicted octanol–water partition coefficient (Wildman–Crippen LogP) is 3.22. The molecule has 0 saturated carbocycles. The Morgan fingerprint density at radius 2 is 1.76 bits per heavy atom. The number of carbonyl (C=O) groups is 3. The fraction of sp³-hybridized carbons (Fsp3) is 0.208. The zero-order valence-electron chi connectivity index (χ0n) is 19.0. The molecule has 0 aliphatic carbocycles. The van der Waals surface area contributed by atoms with Crippen LogP contribution >= 0.6 is 11.8 Å². The van der Waals surface area contributed by atoms with E-state index in [1.54, 1.807) is 13.0 Å². The molecule has 0 spiro atoms. The van der Waals surface area contributed by atoms with Crippen LogP contribution in [0.4, 0.5) is 11.4 Å². The zero-order chi connectivity index (χ0) is 24.8. The minimum atomic E-state index is -1.09. The Kier molecular flexibility index (Phi) is 7.85. The van der Waals surface area contributed by atoms with E-state index in [-0.39, 0.29) is 23.1 Å². The van der Waals surface area contributed by atoms with Crippen LogP contribution in [0.5, 0.6) is 0 Å². The Morgan fingerprint density at radius 3 is 2.35 bits per heavy atom. The predicted molar refractivity (Wildman–Crippen MR) is 136 cm³/mol. The summed E-state index contributed by atoms with van der Waals surface area (Å²) in [6.45, 7) is 1.78. The van der Waals surface area contributed by atoms with Gasteiger partial charge in [0.25, 0.3) is 0 Å². The summed E-state index contributed by atoms with van der Waals surface area (Å²) in [4.78, 5) is 39.2. The molecule has 1 unspecified atom stereocenters. The van der Waals surface area contributed by atoms with Gasteiger partial charge in [-0.2, -0.15) is 5.10 Å². The van der Waals surface area contributed by atoms with Gasteiger partial charge in [-0.25, -0.2) is 9.69 Å².